The Morgan fingerprint density at radius 3 is 2.75 bits per heavy atom. The summed E-state index contributed by atoms with van der Waals surface area (Å²) in [5, 5.41) is 2.09. The Morgan fingerprint density at radius 2 is 2.25 bits per heavy atom. The summed E-state index contributed by atoms with van der Waals surface area (Å²) in [4.78, 5) is 2.55. The summed E-state index contributed by atoms with van der Waals surface area (Å²) >= 11 is 9.26. The van der Waals surface area contributed by atoms with Gasteiger partial charge >= 0.3 is 0 Å². The van der Waals surface area contributed by atoms with Crippen molar-refractivity contribution in [2.45, 2.75) is 19.4 Å². The fraction of sp³-hybridized carbons (Fsp3) is 0.273. The van der Waals surface area contributed by atoms with E-state index in [0.29, 0.717) is 0 Å². The lowest BCUT2D eigenvalue weighted by molar-refractivity contribution is 0.562. The Morgan fingerprint density at radius 1 is 1.44 bits per heavy atom. The third-order valence-electron chi connectivity index (χ3n) is 2.45. The van der Waals surface area contributed by atoms with Crippen LogP contribution in [0.15, 0.2) is 23.6 Å². The second kappa shape index (κ2) is 5.29. The van der Waals surface area contributed by atoms with Crippen molar-refractivity contribution in [3.63, 3.8) is 0 Å². The Kier molecular flexibility index (Phi) is 4.00. The van der Waals surface area contributed by atoms with Crippen molar-refractivity contribution >= 4 is 34.3 Å². The van der Waals surface area contributed by atoms with Gasteiger partial charge in [-0.1, -0.05) is 11.6 Å². The minimum absolute atomic E-state index is 0.176. The first kappa shape index (κ1) is 12.1. The summed E-state index contributed by atoms with van der Waals surface area (Å²) in [5.41, 5.74) is 4.16. The fourth-order valence-electron chi connectivity index (χ4n) is 1.63. The number of thiophene rings is 2. The van der Waals surface area contributed by atoms with Crippen molar-refractivity contribution in [1.29, 1.82) is 0 Å². The number of rotatable bonds is 4. The van der Waals surface area contributed by atoms with Crippen LogP contribution in [0.4, 0.5) is 0 Å². The Labute approximate surface area is 108 Å². The molecule has 0 fully saturated rings. The van der Waals surface area contributed by atoms with E-state index in [9.17, 15) is 0 Å². The summed E-state index contributed by atoms with van der Waals surface area (Å²) in [5.74, 6) is 5.62. The van der Waals surface area contributed by atoms with E-state index in [-0.39, 0.29) is 6.04 Å². The van der Waals surface area contributed by atoms with Gasteiger partial charge in [0.1, 0.15) is 0 Å². The van der Waals surface area contributed by atoms with Gasteiger partial charge in [-0.05, 0) is 36.1 Å². The zero-order valence-corrected chi connectivity index (χ0v) is 11.3. The lowest BCUT2D eigenvalue weighted by Gasteiger charge is -2.14. The van der Waals surface area contributed by atoms with Crippen LogP contribution < -0.4 is 11.3 Å². The van der Waals surface area contributed by atoms with Gasteiger partial charge in [-0.2, -0.15) is 0 Å². The molecule has 86 valence electrons. The predicted octanol–water partition coefficient (Wildman–Crippen LogP) is 3.52. The first-order valence-electron chi connectivity index (χ1n) is 4.95. The number of hydrogen-bond donors (Lipinski definition) is 2. The second-order valence-electron chi connectivity index (χ2n) is 3.60. The van der Waals surface area contributed by atoms with Crippen LogP contribution in [0.25, 0.3) is 0 Å². The number of hydrazine groups is 1. The molecule has 0 aliphatic rings. The third-order valence-corrected chi connectivity index (χ3v) is 4.84. The van der Waals surface area contributed by atoms with Crippen LogP contribution in [0.3, 0.4) is 0 Å². The monoisotopic (exact) mass is 272 g/mol. The average Bonchev–Trinajstić information content (AvgIpc) is 2.84. The van der Waals surface area contributed by atoms with Gasteiger partial charge in [0.05, 0.1) is 10.4 Å². The molecule has 5 heteroatoms. The maximum absolute atomic E-state index is 5.91. The molecule has 0 spiro atoms. The highest BCUT2D eigenvalue weighted by Crippen LogP contribution is 2.29. The van der Waals surface area contributed by atoms with E-state index < -0.39 is 0 Å². The van der Waals surface area contributed by atoms with Crippen molar-refractivity contribution in [2.24, 2.45) is 5.84 Å². The molecule has 3 N–H and O–H groups in total. The smallest absolute Gasteiger partial charge is 0.0931 e. The summed E-state index contributed by atoms with van der Waals surface area (Å²) in [7, 11) is 0. The van der Waals surface area contributed by atoms with Gasteiger partial charge in [0.2, 0.25) is 0 Å². The van der Waals surface area contributed by atoms with Crippen LogP contribution in [-0.2, 0) is 6.42 Å². The molecule has 0 aromatic carbocycles. The zero-order chi connectivity index (χ0) is 11.5. The highest BCUT2D eigenvalue weighted by atomic mass is 35.5. The molecule has 1 unspecified atom stereocenters. The standard InChI is InChI=1S/C11H13ClN2S2/c1-7-4-5-15-11(7)9(14-13)6-8-2-3-10(12)16-8/h2-5,9,14H,6,13H2,1H3. The maximum Gasteiger partial charge on any atom is 0.0931 e. The molecule has 0 radical (unpaired) electrons. The predicted molar refractivity (Wildman–Crippen MR) is 72.2 cm³/mol. The van der Waals surface area contributed by atoms with Crippen molar-refractivity contribution in [3.05, 3.63) is 43.2 Å². The normalized spacial score (nSPS) is 12.9. The van der Waals surface area contributed by atoms with E-state index >= 15 is 0 Å². The van der Waals surface area contributed by atoms with Crippen LogP contribution in [0.2, 0.25) is 4.34 Å². The van der Waals surface area contributed by atoms with Crippen molar-refractivity contribution in [2.75, 3.05) is 0 Å². The number of nitrogens with two attached hydrogens (primary N) is 1. The van der Waals surface area contributed by atoms with E-state index in [1.54, 1.807) is 22.7 Å². The van der Waals surface area contributed by atoms with Crippen molar-refractivity contribution in [3.8, 4) is 0 Å². The molecular formula is C11H13ClN2S2. The Bertz CT molecular complexity index is 464. The molecule has 2 aromatic heterocycles. The quantitative estimate of drug-likeness (QED) is 0.660. The molecule has 16 heavy (non-hydrogen) atoms. The van der Waals surface area contributed by atoms with Gasteiger partial charge in [-0.15, -0.1) is 22.7 Å². The third kappa shape index (κ3) is 2.64. The lowest BCUT2D eigenvalue weighted by Crippen LogP contribution is -2.29. The first-order chi connectivity index (χ1) is 7.70. The number of nitrogens with one attached hydrogen (secondary N) is 1. The van der Waals surface area contributed by atoms with Crippen molar-refractivity contribution < 1.29 is 0 Å². The fourth-order valence-corrected chi connectivity index (χ4v) is 3.75. The van der Waals surface area contributed by atoms with E-state index in [1.165, 1.54) is 15.3 Å². The van der Waals surface area contributed by atoms with E-state index in [1.807, 2.05) is 6.07 Å². The van der Waals surface area contributed by atoms with Gasteiger partial charge in [-0.3, -0.25) is 11.3 Å². The van der Waals surface area contributed by atoms with E-state index in [2.05, 4.69) is 29.9 Å². The molecule has 2 aromatic rings. The molecule has 1 atom stereocenters. The summed E-state index contributed by atoms with van der Waals surface area (Å²) in [6, 6.07) is 6.28. The molecule has 0 aliphatic carbocycles. The van der Waals surface area contributed by atoms with Crippen LogP contribution in [-0.4, -0.2) is 0 Å². The summed E-state index contributed by atoms with van der Waals surface area (Å²) in [6.45, 7) is 2.11. The molecule has 2 heterocycles. The molecule has 0 aliphatic heterocycles. The van der Waals surface area contributed by atoms with Gasteiger partial charge < -0.3 is 0 Å². The summed E-state index contributed by atoms with van der Waals surface area (Å²) < 4.78 is 0.827. The second-order valence-corrected chi connectivity index (χ2v) is 6.34. The van der Waals surface area contributed by atoms with Crippen LogP contribution in [0, 0.1) is 6.92 Å². The van der Waals surface area contributed by atoms with Crippen LogP contribution in [0.1, 0.15) is 21.4 Å². The van der Waals surface area contributed by atoms with Crippen LogP contribution >= 0.6 is 34.3 Å². The molecular weight excluding hydrogens is 260 g/mol. The largest absolute Gasteiger partial charge is 0.271 e. The SMILES string of the molecule is Cc1ccsc1C(Cc1ccc(Cl)s1)NN. The van der Waals surface area contributed by atoms with E-state index in [4.69, 9.17) is 17.4 Å². The lowest BCUT2D eigenvalue weighted by atomic mass is 10.1. The van der Waals surface area contributed by atoms with Crippen molar-refractivity contribution in [1.82, 2.24) is 5.43 Å². The molecule has 0 amide bonds. The summed E-state index contributed by atoms with van der Waals surface area (Å²) in [6.07, 6.45) is 0.884. The molecule has 0 saturated carbocycles. The van der Waals surface area contributed by atoms with Gasteiger partial charge in [0.15, 0.2) is 0 Å². The maximum atomic E-state index is 5.91. The topological polar surface area (TPSA) is 38.0 Å². The van der Waals surface area contributed by atoms with Crippen LogP contribution in [0.5, 0.6) is 0 Å². The first-order valence-corrected chi connectivity index (χ1v) is 7.02. The zero-order valence-electron chi connectivity index (χ0n) is 8.87. The van der Waals surface area contributed by atoms with Gasteiger partial charge in [-0.25, -0.2) is 0 Å². The number of hydrogen-bond acceptors (Lipinski definition) is 4. The minimum Gasteiger partial charge on any atom is -0.271 e. The number of halogens is 1. The molecule has 0 bridgehead atoms. The highest BCUT2D eigenvalue weighted by molar-refractivity contribution is 7.16. The molecule has 0 saturated heterocycles. The Hall–Kier alpha value is -0.390. The van der Waals surface area contributed by atoms with Gasteiger partial charge in [0.25, 0.3) is 0 Å². The van der Waals surface area contributed by atoms with E-state index in [0.717, 1.165) is 10.8 Å². The molecule has 2 nitrogen and oxygen atoms in total. The molecule has 2 rings (SSSR count). The van der Waals surface area contributed by atoms with Gasteiger partial charge in [0, 0.05) is 16.2 Å². The average molecular weight is 273 g/mol. The minimum atomic E-state index is 0.176. The Balaban J connectivity index is 2.15. The highest BCUT2D eigenvalue weighted by Gasteiger charge is 2.15. The number of aryl methyl sites for hydroxylation is 1.